The Morgan fingerprint density at radius 1 is 1.58 bits per heavy atom. The molecule has 0 fully saturated rings. The van der Waals surface area contributed by atoms with E-state index in [1.807, 2.05) is 6.92 Å². The number of anilines is 1. The van der Waals surface area contributed by atoms with Crippen LogP contribution in [0.2, 0.25) is 0 Å². The lowest BCUT2D eigenvalue weighted by atomic mass is 10.2. The Hall–Kier alpha value is -2.06. The summed E-state index contributed by atoms with van der Waals surface area (Å²) in [5.41, 5.74) is 4.15. The fraction of sp³-hybridized carbons (Fsp3) is 0.182. The van der Waals surface area contributed by atoms with E-state index in [1.165, 1.54) is 17.8 Å². The summed E-state index contributed by atoms with van der Waals surface area (Å²) in [7, 11) is 0. The first-order valence-electron chi connectivity index (χ1n) is 5.39. The fourth-order valence-electron chi connectivity index (χ4n) is 1.56. The smallest absolute Gasteiger partial charge is 0.293 e. The lowest BCUT2D eigenvalue weighted by molar-refractivity contribution is -0.384. The third-order valence-corrected chi connectivity index (χ3v) is 3.31. The summed E-state index contributed by atoms with van der Waals surface area (Å²) in [5.74, 6) is 5.83. The molecule has 8 heteroatoms. The molecule has 0 unspecified atom stereocenters. The molecule has 19 heavy (non-hydrogen) atoms. The topological polar surface area (TPSA) is 107 Å². The molecule has 0 aliphatic heterocycles. The summed E-state index contributed by atoms with van der Waals surface area (Å²) in [6.45, 7) is 1.83. The minimum absolute atomic E-state index is 0.0517. The molecule has 1 aromatic carbocycles. The molecule has 2 rings (SSSR count). The number of hydrazine groups is 1. The minimum atomic E-state index is -0.474. The van der Waals surface area contributed by atoms with Crippen molar-refractivity contribution in [1.29, 1.82) is 0 Å². The lowest BCUT2D eigenvalue weighted by Gasteiger charge is -2.07. The van der Waals surface area contributed by atoms with Crippen molar-refractivity contribution in [3.05, 3.63) is 45.8 Å². The van der Waals surface area contributed by atoms with Crippen molar-refractivity contribution < 1.29 is 9.34 Å². The number of para-hydroxylation sites is 1. The number of aryl methyl sites for hydroxylation is 1. The largest absolute Gasteiger partial charge is 0.440 e. The van der Waals surface area contributed by atoms with E-state index in [4.69, 9.17) is 10.3 Å². The molecule has 0 saturated carbocycles. The number of nitro groups is 1. The van der Waals surface area contributed by atoms with Crippen LogP contribution in [0.4, 0.5) is 11.4 Å². The summed E-state index contributed by atoms with van der Waals surface area (Å²) in [4.78, 5) is 14.6. The number of nitro benzene ring substituents is 1. The van der Waals surface area contributed by atoms with Gasteiger partial charge in [0, 0.05) is 11.8 Å². The molecule has 1 aromatic heterocycles. The fourth-order valence-corrected chi connectivity index (χ4v) is 2.41. The number of rotatable bonds is 5. The van der Waals surface area contributed by atoms with E-state index in [0.717, 1.165) is 11.3 Å². The average Bonchev–Trinajstić information content (AvgIpc) is 2.81. The van der Waals surface area contributed by atoms with E-state index in [2.05, 4.69) is 10.4 Å². The third-order valence-electron chi connectivity index (χ3n) is 2.42. The summed E-state index contributed by atoms with van der Waals surface area (Å²) < 4.78 is 5.20. The average molecular weight is 280 g/mol. The minimum Gasteiger partial charge on any atom is -0.440 e. The number of nitrogens with zero attached hydrogens (tertiary/aromatic N) is 2. The van der Waals surface area contributed by atoms with Gasteiger partial charge in [0.05, 0.1) is 10.6 Å². The molecule has 7 nitrogen and oxygen atoms in total. The molecule has 2 aromatic rings. The van der Waals surface area contributed by atoms with Crippen molar-refractivity contribution in [2.24, 2.45) is 5.84 Å². The highest BCUT2D eigenvalue weighted by Crippen LogP contribution is 2.31. The quantitative estimate of drug-likeness (QED) is 0.375. The van der Waals surface area contributed by atoms with Gasteiger partial charge in [-0.05, 0) is 12.5 Å². The van der Waals surface area contributed by atoms with Crippen LogP contribution in [-0.2, 0) is 5.75 Å². The zero-order chi connectivity index (χ0) is 13.8. The van der Waals surface area contributed by atoms with Crippen LogP contribution in [0, 0.1) is 17.0 Å². The van der Waals surface area contributed by atoms with Gasteiger partial charge in [-0.15, -0.1) is 0 Å². The molecule has 0 atom stereocenters. The number of aromatic nitrogens is 1. The van der Waals surface area contributed by atoms with Crippen molar-refractivity contribution in [2.75, 3.05) is 5.43 Å². The van der Waals surface area contributed by atoms with E-state index >= 15 is 0 Å². The first-order valence-corrected chi connectivity index (χ1v) is 6.38. The summed E-state index contributed by atoms with van der Waals surface area (Å²) in [5, 5.41) is 11.4. The number of hydrogen-bond donors (Lipinski definition) is 2. The summed E-state index contributed by atoms with van der Waals surface area (Å²) in [6, 6.07) is 4.79. The number of hydrogen-bond acceptors (Lipinski definition) is 7. The standard InChI is InChI=1S/C11H12N4O3S/c1-7-5-18-11(13-7)19-6-8-3-2-4-9(15(16)17)10(8)14-12/h2-5,14H,6,12H2,1H3. The maximum Gasteiger partial charge on any atom is 0.293 e. The van der Waals surface area contributed by atoms with Crippen LogP contribution in [0.1, 0.15) is 11.3 Å². The van der Waals surface area contributed by atoms with Gasteiger partial charge in [-0.3, -0.25) is 16.0 Å². The Morgan fingerprint density at radius 3 is 2.95 bits per heavy atom. The molecule has 0 bridgehead atoms. The summed E-state index contributed by atoms with van der Waals surface area (Å²) in [6.07, 6.45) is 1.55. The maximum absolute atomic E-state index is 10.9. The van der Waals surface area contributed by atoms with Crippen molar-refractivity contribution in [3.8, 4) is 0 Å². The highest BCUT2D eigenvalue weighted by atomic mass is 32.2. The predicted octanol–water partition coefficient (Wildman–Crippen LogP) is 2.47. The van der Waals surface area contributed by atoms with E-state index in [1.54, 1.807) is 18.4 Å². The normalized spacial score (nSPS) is 10.4. The summed E-state index contributed by atoms with van der Waals surface area (Å²) >= 11 is 1.35. The van der Waals surface area contributed by atoms with Crippen molar-refractivity contribution >= 4 is 23.1 Å². The van der Waals surface area contributed by atoms with Crippen LogP contribution in [0.15, 0.2) is 34.1 Å². The monoisotopic (exact) mass is 280 g/mol. The Balaban J connectivity index is 2.20. The van der Waals surface area contributed by atoms with Gasteiger partial charge >= 0.3 is 0 Å². The molecular weight excluding hydrogens is 268 g/mol. The number of benzene rings is 1. The van der Waals surface area contributed by atoms with Crippen molar-refractivity contribution in [3.63, 3.8) is 0 Å². The van der Waals surface area contributed by atoms with Gasteiger partial charge in [-0.2, -0.15) is 0 Å². The SMILES string of the molecule is Cc1coc(SCc2cccc([N+](=O)[O-])c2NN)n1. The van der Waals surface area contributed by atoms with Gasteiger partial charge < -0.3 is 9.84 Å². The lowest BCUT2D eigenvalue weighted by Crippen LogP contribution is -2.11. The van der Waals surface area contributed by atoms with Gasteiger partial charge in [0.1, 0.15) is 12.0 Å². The predicted molar refractivity (Wildman–Crippen MR) is 71.7 cm³/mol. The molecular formula is C11H12N4O3S. The van der Waals surface area contributed by atoms with Crippen molar-refractivity contribution in [1.82, 2.24) is 4.98 Å². The number of nitrogen functional groups attached to an aromatic ring is 1. The molecule has 0 aliphatic rings. The van der Waals surface area contributed by atoms with Crippen molar-refractivity contribution in [2.45, 2.75) is 17.9 Å². The Morgan fingerprint density at radius 2 is 2.37 bits per heavy atom. The van der Waals surface area contributed by atoms with Gasteiger partial charge in [0.25, 0.3) is 10.9 Å². The van der Waals surface area contributed by atoms with Crippen LogP contribution in [0.3, 0.4) is 0 Å². The molecule has 0 radical (unpaired) electrons. The maximum atomic E-state index is 10.9. The van der Waals surface area contributed by atoms with Crippen LogP contribution < -0.4 is 11.3 Å². The second-order valence-electron chi connectivity index (χ2n) is 3.76. The molecule has 3 N–H and O–H groups in total. The molecule has 0 aliphatic carbocycles. The molecule has 100 valence electrons. The van der Waals surface area contributed by atoms with Gasteiger partial charge in [-0.25, -0.2) is 4.98 Å². The molecule has 0 spiro atoms. The first kappa shape index (κ1) is 13.4. The van der Waals surface area contributed by atoms with Crippen LogP contribution >= 0.6 is 11.8 Å². The van der Waals surface area contributed by atoms with Crippen LogP contribution in [0.5, 0.6) is 0 Å². The molecule has 1 heterocycles. The van der Waals surface area contributed by atoms with Crippen LogP contribution in [0.25, 0.3) is 0 Å². The molecule has 0 saturated heterocycles. The van der Waals surface area contributed by atoms with Gasteiger partial charge in [0.2, 0.25) is 0 Å². The van der Waals surface area contributed by atoms with E-state index in [-0.39, 0.29) is 5.69 Å². The number of nitrogens with one attached hydrogen (secondary N) is 1. The number of nitrogens with two attached hydrogens (primary N) is 1. The first-order chi connectivity index (χ1) is 9.11. The van der Waals surface area contributed by atoms with E-state index in [0.29, 0.717) is 16.7 Å². The third kappa shape index (κ3) is 3.04. The highest BCUT2D eigenvalue weighted by molar-refractivity contribution is 7.98. The zero-order valence-electron chi connectivity index (χ0n) is 10.1. The Kier molecular flexibility index (Phi) is 4.03. The van der Waals surface area contributed by atoms with E-state index in [9.17, 15) is 10.1 Å². The Labute approximate surface area is 113 Å². The number of thioether (sulfide) groups is 1. The molecule has 0 amide bonds. The number of oxazole rings is 1. The van der Waals surface area contributed by atoms with E-state index < -0.39 is 4.92 Å². The Bertz CT molecular complexity index is 599. The van der Waals surface area contributed by atoms with Crippen LogP contribution in [-0.4, -0.2) is 9.91 Å². The van der Waals surface area contributed by atoms with Gasteiger partial charge in [-0.1, -0.05) is 23.9 Å². The van der Waals surface area contributed by atoms with Gasteiger partial charge in [0.15, 0.2) is 0 Å². The second kappa shape index (κ2) is 5.72. The second-order valence-corrected chi connectivity index (χ2v) is 4.68. The zero-order valence-corrected chi connectivity index (χ0v) is 10.9. The highest BCUT2D eigenvalue weighted by Gasteiger charge is 2.17.